The van der Waals surface area contributed by atoms with Gasteiger partial charge in [-0.15, -0.1) is 5.10 Å². The second-order valence-electron chi connectivity index (χ2n) is 4.38. The number of aromatic nitrogens is 4. The molecule has 2 heterocycles. The SMILES string of the molecule is Cc1ccc(C(=O)c2cnnn2-c2ccccc2)cn1. The zero-order valence-electron chi connectivity index (χ0n) is 10.9. The van der Waals surface area contributed by atoms with Crippen LogP contribution in [-0.2, 0) is 0 Å². The minimum absolute atomic E-state index is 0.147. The molecule has 0 atom stereocenters. The summed E-state index contributed by atoms with van der Waals surface area (Å²) >= 11 is 0. The molecule has 98 valence electrons. The van der Waals surface area contributed by atoms with E-state index in [9.17, 15) is 4.79 Å². The average Bonchev–Trinajstić information content (AvgIpc) is 2.97. The van der Waals surface area contributed by atoms with Gasteiger partial charge in [-0.05, 0) is 31.2 Å². The number of nitrogens with zero attached hydrogens (tertiary/aromatic N) is 4. The van der Waals surface area contributed by atoms with Crippen LogP contribution in [0, 0.1) is 6.92 Å². The van der Waals surface area contributed by atoms with Gasteiger partial charge in [-0.1, -0.05) is 23.4 Å². The van der Waals surface area contributed by atoms with Gasteiger partial charge in [0.1, 0.15) is 5.69 Å². The van der Waals surface area contributed by atoms with E-state index in [2.05, 4.69) is 15.3 Å². The Bertz CT molecular complexity index is 732. The lowest BCUT2D eigenvalue weighted by Crippen LogP contribution is -2.10. The molecule has 0 saturated heterocycles. The number of carbonyl (C=O) groups excluding carboxylic acids is 1. The molecule has 0 aliphatic carbocycles. The number of rotatable bonds is 3. The summed E-state index contributed by atoms with van der Waals surface area (Å²) in [4.78, 5) is 16.6. The third kappa shape index (κ3) is 2.21. The van der Waals surface area contributed by atoms with Crippen molar-refractivity contribution in [3.8, 4) is 5.69 Å². The van der Waals surface area contributed by atoms with E-state index in [1.54, 1.807) is 12.3 Å². The van der Waals surface area contributed by atoms with E-state index in [-0.39, 0.29) is 5.78 Å². The van der Waals surface area contributed by atoms with Gasteiger partial charge in [-0.25, -0.2) is 4.68 Å². The van der Waals surface area contributed by atoms with Gasteiger partial charge in [0, 0.05) is 17.5 Å². The summed E-state index contributed by atoms with van der Waals surface area (Å²) in [5.41, 5.74) is 2.61. The van der Waals surface area contributed by atoms with Gasteiger partial charge in [-0.2, -0.15) is 0 Å². The number of para-hydroxylation sites is 1. The molecule has 0 N–H and O–H groups in total. The zero-order valence-corrected chi connectivity index (χ0v) is 10.9. The van der Waals surface area contributed by atoms with E-state index in [1.807, 2.05) is 43.3 Å². The highest BCUT2D eigenvalue weighted by Gasteiger charge is 2.16. The van der Waals surface area contributed by atoms with Crippen molar-refractivity contribution in [3.05, 3.63) is 71.8 Å². The van der Waals surface area contributed by atoms with E-state index < -0.39 is 0 Å². The van der Waals surface area contributed by atoms with Crippen LogP contribution < -0.4 is 0 Å². The maximum absolute atomic E-state index is 12.5. The summed E-state index contributed by atoms with van der Waals surface area (Å²) in [5.74, 6) is -0.147. The smallest absolute Gasteiger partial charge is 0.214 e. The number of benzene rings is 1. The highest BCUT2D eigenvalue weighted by atomic mass is 16.1. The zero-order chi connectivity index (χ0) is 13.9. The minimum Gasteiger partial charge on any atom is -0.287 e. The average molecular weight is 264 g/mol. The van der Waals surface area contributed by atoms with Gasteiger partial charge in [0.05, 0.1) is 11.9 Å². The molecule has 0 aliphatic rings. The van der Waals surface area contributed by atoms with Crippen LogP contribution in [-0.4, -0.2) is 25.8 Å². The molecular weight excluding hydrogens is 252 g/mol. The fourth-order valence-corrected chi connectivity index (χ4v) is 1.90. The lowest BCUT2D eigenvalue weighted by atomic mass is 10.1. The second kappa shape index (κ2) is 5.05. The lowest BCUT2D eigenvalue weighted by Gasteiger charge is -2.05. The first-order chi connectivity index (χ1) is 9.75. The van der Waals surface area contributed by atoms with E-state index >= 15 is 0 Å². The topological polar surface area (TPSA) is 60.7 Å². The molecule has 0 amide bonds. The molecule has 0 unspecified atom stereocenters. The first-order valence-electron chi connectivity index (χ1n) is 6.19. The Morgan fingerprint density at radius 3 is 2.55 bits per heavy atom. The Kier molecular flexibility index (Phi) is 3.09. The number of hydrogen-bond acceptors (Lipinski definition) is 4. The summed E-state index contributed by atoms with van der Waals surface area (Å²) in [6.07, 6.45) is 3.04. The molecule has 5 heteroatoms. The fraction of sp³-hybridized carbons (Fsp3) is 0.0667. The Hall–Kier alpha value is -2.82. The summed E-state index contributed by atoms with van der Waals surface area (Å²) < 4.78 is 1.53. The van der Waals surface area contributed by atoms with E-state index in [1.165, 1.54) is 10.9 Å². The van der Waals surface area contributed by atoms with Crippen LogP contribution in [0.2, 0.25) is 0 Å². The van der Waals surface area contributed by atoms with Crippen molar-refractivity contribution in [2.24, 2.45) is 0 Å². The third-order valence-electron chi connectivity index (χ3n) is 2.96. The number of ketones is 1. The number of aryl methyl sites for hydroxylation is 1. The third-order valence-corrected chi connectivity index (χ3v) is 2.96. The van der Waals surface area contributed by atoms with E-state index in [4.69, 9.17) is 0 Å². The highest BCUT2D eigenvalue weighted by molar-refractivity contribution is 6.07. The van der Waals surface area contributed by atoms with Crippen molar-refractivity contribution in [3.63, 3.8) is 0 Å². The molecule has 0 radical (unpaired) electrons. The molecule has 2 aromatic heterocycles. The monoisotopic (exact) mass is 264 g/mol. The highest BCUT2D eigenvalue weighted by Crippen LogP contribution is 2.13. The van der Waals surface area contributed by atoms with Gasteiger partial charge in [0.2, 0.25) is 5.78 Å². The quantitative estimate of drug-likeness (QED) is 0.680. The van der Waals surface area contributed by atoms with Crippen molar-refractivity contribution < 1.29 is 4.79 Å². The van der Waals surface area contributed by atoms with Crippen LogP contribution in [0.25, 0.3) is 5.69 Å². The Labute approximate surface area is 115 Å². The molecule has 0 bridgehead atoms. The summed E-state index contributed by atoms with van der Waals surface area (Å²) in [7, 11) is 0. The van der Waals surface area contributed by atoms with Crippen molar-refractivity contribution in [1.29, 1.82) is 0 Å². The minimum atomic E-state index is -0.147. The predicted octanol–water partition coefficient (Wildman–Crippen LogP) is 2.20. The van der Waals surface area contributed by atoms with Gasteiger partial charge in [0.25, 0.3) is 0 Å². The molecule has 1 aromatic carbocycles. The molecule has 0 spiro atoms. The van der Waals surface area contributed by atoms with Crippen molar-refractivity contribution >= 4 is 5.78 Å². The number of carbonyl (C=O) groups is 1. The first-order valence-corrected chi connectivity index (χ1v) is 6.19. The Morgan fingerprint density at radius 2 is 1.85 bits per heavy atom. The van der Waals surface area contributed by atoms with E-state index in [0.717, 1.165) is 11.4 Å². The van der Waals surface area contributed by atoms with Gasteiger partial charge in [0.15, 0.2) is 0 Å². The summed E-state index contributed by atoms with van der Waals surface area (Å²) in [6.45, 7) is 1.88. The Balaban J connectivity index is 2.02. The van der Waals surface area contributed by atoms with Crippen LogP contribution in [0.1, 0.15) is 21.7 Å². The molecule has 0 aliphatic heterocycles. The van der Waals surface area contributed by atoms with Crippen molar-refractivity contribution in [1.82, 2.24) is 20.0 Å². The normalized spacial score (nSPS) is 10.4. The molecule has 3 rings (SSSR count). The molecule has 20 heavy (non-hydrogen) atoms. The maximum atomic E-state index is 12.5. The molecule has 0 fully saturated rings. The van der Waals surface area contributed by atoms with Crippen LogP contribution >= 0.6 is 0 Å². The summed E-state index contributed by atoms with van der Waals surface area (Å²) in [5, 5.41) is 7.81. The van der Waals surface area contributed by atoms with Crippen molar-refractivity contribution in [2.45, 2.75) is 6.92 Å². The van der Waals surface area contributed by atoms with Crippen LogP contribution in [0.4, 0.5) is 0 Å². The van der Waals surface area contributed by atoms with Gasteiger partial charge < -0.3 is 0 Å². The largest absolute Gasteiger partial charge is 0.287 e. The standard InChI is InChI=1S/C15H12N4O/c1-11-7-8-12(9-16-11)15(20)14-10-17-18-19(14)13-5-3-2-4-6-13/h2-10H,1H3. The van der Waals surface area contributed by atoms with Gasteiger partial charge in [-0.3, -0.25) is 9.78 Å². The second-order valence-corrected chi connectivity index (χ2v) is 4.38. The van der Waals surface area contributed by atoms with Crippen LogP contribution in [0.5, 0.6) is 0 Å². The molecule has 0 saturated carbocycles. The maximum Gasteiger partial charge on any atom is 0.214 e. The molecular formula is C15H12N4O. The van der Waals surface area contributed by atoms with Crippen LogP contribution in [0.15, 0.2) is 54.9 Å². The van der Waals surface area contributed by atoms with Crippen molar-refractivity contribution in [2.75, 3.05) is 0 Å². The predicted molar refractivity (Wildman–Crippen MR) is 73.8 cm³/mol. The van der Waals surface area contributed by atoms with E-state index in [0.29, 0.717) is 11.3 Å². The fourth-order valence-electron chi connectivity index (χ4n) is 1.90. The number of hydrogen-bond donors (Lipinski definition) is 0. The van der Waals surface area contributed by atoms with Crippen LogP contribution in [0.3, 0.4) is 0 Å². The number of pyridine rings is 1. The lowest BCUT2D eigenvalue weighted by molar-refractivity contribution is 0.103. The summed E-state index contributed by atoms with van der Waals surface area (Å²) in [6, 6.07) is 13.0. The van der Waals surface area contributed by atoms with Gasteiger partial charge >= 0.3 is 0 Å². The molecule has 5 nitrogen and oxygen atoms in total. The Morgan fingerprint density at radius 1 is 1.05 bits per heavy atom. The first kappa shape index (κ1) is 12.2. The molecule has 3 aromatic rings.